The molecule has 3 aliphatic rings. The monoisotopic (exact) mass is 327 g/mol. The number of hydrogen-bond acceptors (Lipinski definition) is 3. The Kier molecular flexibility index (Phi) is 3.99. The van der Waals surface area contributed by atoms with Gasteiger partial charge in [-0.15, -0.1) is 0 Å². The number of carbonyl (C=O) groups is 1. The molecule has 4 nitrogen and oxygen atoms in total. The van der Waals surface area contributed by atoms with Crippen molar-refractivity contribution in [3.63, 3.8) is 0 Å². The van der Waals surface area contributed by atoms with Crippen molar-refractivity contribution in [2.45, 2.75) is 57.0 Å². The smallest absolute Gasteiger partial charge is 0.254 e. The Morgan fingerprint density at radius 2 is 1.54 bits per heavy atom. The molecule has 4 heteroatoms. The highest BCUT2D eigenvalue weighted by Crippen LogP contribution is 2.43. The highest BCUT2D eigenvalue weighted by Gasteiger charge is 2.42. The molecular formula is C20H25NO3. The van der Waals surface area contributed by atoms with E-state index in [4.69, 9.17) is 9.47 Å². The largest absolute Gasteiger partial charge is 0.497 e. The van der Waals surface area contributed by atoms with E-state index in [1.807, 2.05) is 12.1 Å². The molecule has 0 aromatic heterocycles. The van der Waals surface area contributed by atoms with Crippen LogP contribution in [-0.2, 0) is 0 Å². The highest BCUT2D eigenvalue weighted by atomic mass is 16.5. The first-order valence-corrected chi connectivity index (χ1v) is 8.95. The van der Waals surface area contributed by atoms with Gasteiger partial charge in [-0.1, -0.05) is 11.1 Å². The maximum absolute atomic E-state index is 13.2. The predicted molar refractivity (Wildman–Crippen MR) is 92.6 cm³/mol. The van der Waals surface area contributed by atoms with E-state index in [0.717, 1.165) is 25.7 Å². The van der Waals surface area contributed by atoms with Crippen molar-refractivity contribution in [1.29, 1.82) is 0 Å². The first-order valence-electron chi connectivity index (χ1n) is 8.95. The molecule has 1 saturated carbocycles. The molecule has 2 heterocycles. The molecule has 2 unspecified atom stereocenters. The number of piperidine rings is 1. The van der Waals surface area contributed by atoms with Crippen LogP contribution in [0.2, 0.25) is 0 Å². The van der Waals surface area contributed by atoms with E-state index >= 15 is 0 Å². The average molecular weight is 327 g/mol. The van der Waals surface area contributed by atoms with Crippen LogP contribution >= 0.6 is 0 Å². The number of benzene rings is 1. The van der Waals surface area contributed by atoms with Gasteiger partial charge in [-0.05, 0) is 57.1 Å². The van der Waals surface area contributed by atoms with Crippen LogP contribution in [0.5, 0.6) is 11.5 Å². The molecule has 2 atom stereocenters. The Morgan fingerprint density at radius 1 is 0.958 bits per heavy atom. The van der Waals surface area contributed by atoms with Crippen molar-refractivity contribution < 1.29 is 14.3 Å². The van der Waals surface area contributed by atoms with Gasteiger partial charge < -0.3 is 14.4 Å². The van der Waals surface area contributed by atoms with Crippen molar-refractivity contribution in [1.82, 2.24) is 4.90 Å². The topological polar surface area (TPSA) is 38.8 Å². The Balaban J connectivity index is 1.59. The Bertz CT molecular complexity index is 650. The van der Waals surface area contributed by atoms with Crippen LogP contribution in [0.25, 0.3) is 0 Å². The van der Waals surface area contributed by atoms with Crippen LogP contribution in [0.15, 0.2) is 29.3 Å². The zero-order valence-electron chi connectivity index (χ0n) is 14.5. The Hall–Kier alpha value is -1.97. The van der Waals surface area contributed by atoms with E-state index in [-0.39, 0.29) is 5.91 Å². The molecule has 1 aromatic carbocycles. The fraction of sp³-hybridized carbons (Fsp3) is 0.550. The Morgan fingerprint density at radius 3 is 2.00 bits per heavy atom. The lowest BCUT2D eigenvalue weighted by Crippen LogP contribution is -2.45. The number of amides is 1. The van der Waals surface area contributed by atoms with Gasteiger partial charge in [-0.3, -0.25) is 4.79 Å². The summed E-state index contributed by atoms with van der Waals surface area (Å²) in [6, 6.07) is 6.20. The van der Waals surface area contributed by atoms with E-state index in [1.165, 1.54) is 19.3 Å². The molecule has 0 spiro atoms. The minimum atomic E-state index is 0.123. The molecule has 2 saturated heterocycles. The van der Waals surface area contributed by atoms with Crippen LogP contribution in [0.3, 0.4) is 0 Å². The number of hydrogen-bond donors (Lipinski definition) is 0. The van der Waals surface area contributed by atoms with Crippen molar-refractivity contribution >= 4 is 5.91 Å². The molecule has 0 N–H and O–H groups in total. The molecule has 128 valence electrons. The van der Waals surface area contributed by atoms with E-state index in [2.05, 4.69) is 4.90 Å². The van der Waals surface area contributed by atoms with Gasteiger partial charge in [0.05, 0.1) is 14.2 Å². The summed E-state index contributed by atoms with van der Waals surface area (Å²) in [5.74, 6) is 1.45. The number of fused-ring (bicyclic) bond motifs is 2. The van der Waals surface area contributed by atoms with Crippen molar-refractivity contribution in [2.75, 3.05) is 14.2 Å². The summed E-state index contributed by atoms with van der Waals surface area (Å²) in [4.78, 5) is 15.3. The lowest BCUT2D eigenvalue weighted by Gasteiger charge is -2.38. The van der Waals surface area contributed by atoms with Gasteiger partial charge in [0.15, 0.2) is 0 Å². The first-order chi connectivity index (χ1) is 11.7. The maximum atomic E-state index is 13.2. The summed E-state index contributed by atoms with van der Waals surface area (Å²) in [7, 11) is 3.23. The molecule has 3 fully saturated rings. The molecule has 1 aliphatic carbocycles. The molecule has 1 amide bonds. The number of methoxy groups -OCH3 is 2. The summed E-state index contributed by atoms with van der Waals surface area (Å²) in [6.45, 7) is 0. The van der Waals surface area contributed by atoms with E-state index in [1.54, 1.807) is 31.4 Å². The number of carbonyl (C=O) groups excluding carboxylic acids is 1. The number of ether oxygens (including phenoxy) is 2. The minimum Gasteiger partial charge on any atom is -0.497 e. The molecule has 4 rings (SSSR count). The van der Waals surface area contributed by atoms with Gasteiger partial charge in [0.25, 0.3) is 5.91 Å². The third kappa shape index (κ3) is 2.58. The molecule has 24 heavy (non-hydrogen) atoms. The summed E-state index contributed by atoms with van der Waals surface area (Å²) in [6.07, 6.45) is 8.35. The van der Waals surface area contributed by atoms with Gasteiger partial charge in [0.1, 0.15) is 11.5 Å². The third-order valence-corrected chi connectivity index (χ3v) is 5.87. The van der Waals surface area contributed by atoms with Gasteiger partial charge in [-0.2, -0.15) is 0 Å². The van der Waals surface area contributed by atoms with Gasteiger partial charge in [0, 0.05) is 23.7 Å². The van der Waals surface area contributed by atoms with Gasteiger partial charge in [0.2, 0.25) is 0 Å². The van der Waals surface area contributed by atoms with Gasteiger partial charge in [-0.25, -0.2) is 0 Å². The van der Waals surface area contributed by atoms with Crippen LogP contribution in [0.4, 0.5) is 0 Å². The zero-order chi connectivity index (χ0) is 16.7. The van der Waals surface area contributed by atoms with Crippen LogP contribution < -0.4 is 9.47 Å². The fourth-order valence-electron chi connectivity index (χ4n) is 4.42. The molecular weight excluding hydrogens is 302 g/mol. The quantitative estimate of drug-likeness (QED) is 0.789. The SMILES string of the molecule is COc1cc(OC)cc(C(=O)N2C3CCC2CC(=C2CCC2)C3)c1. The average Bonchev–Trinajstić information content (AvgIpc) is 2.82. The third-order valence-electron chi connectivity index (χ3n) is 5.87. The molecule has 1 aromatic rings. The summed E-state index contributed by atoms with van der Waals surface area (Å²) < 4.78 is 10.6. The van der Waals surface area contributed by atoms with E-state index < -0.39 is 0 Å². The standard InChI is InChI=1S/C20H25NO3/c1-23-18-10-15(11-19(12-18)24-2)20(22)21-16-6-7-17(21)9-14(8-16)13-4-3-5-13/h10-12,16-17H,3-9H2,1-2H3. The molecule has 2 aliphatic heterocycles. The van der Waals surface area contributed by atoms with Crippen LogP contribution in [-0.4, -0.2) is 37.1 Å². The summed E-state index contributed by atoms with van der Waals surface area (Å²) in [5, 5.41) is 0. The van der Waals surface area contributed by atoms with Crippen molar-refractivity contribution in [3.05, 3.63) is 34.9 Å². The van der Waals surface area contributed by atoms with E-state index in [0.29, 0.717) is 29.1 Å². The van der Waals surface area contributed by atoms with Crippen molar-refractivity contribution in [3.8, 4) is 11.5 Å². The second-order valence-corrected chi connectivity index (χ2v) is 7.17. The zero-order valence-corrected chi connectivity index (χ0v) is 14.5. The lowest BCUT2D eigenvalue weighted by molar-refractivity contribution is 0.0632. The predicted octanol–water partition coefficient (Wildman–Crippen LogP) is 3.95. The lowest BCUT2D eigenvalue weighted by atomic mass is 9.82. The first kappa shape index (κ1) is 15.6. The van der Waals surface area contributed by atoms with Crippen molar-refractivity contribution in [2.24, 2.45) is 0 Å². The van der Waals surface area contributed by atoms with E-state index in [9.17, 15) is 4.79 Å². The Labute approximate surface area is 143 Å². The second-order valence-electron chi connectivity index (χ2n) is 7.17. The fourth-order valence-corrected chi connectivity index (χ4v) is 4.42. The highest BCUT2D eigenvalue weighted by molar-refractivity contribution is 5.96. The number of allylic oxidation sites excluding steroid dienone is 1. The van der Waals surface area contributed by atoms with Crippen LogP contribution in [0, 0.1) is 0 Å². The minimum absolute atomic E-state index is 0.123. The van der Waals surface area contributed by atoms with Gasteiger partial charge >= 0.3 is 0 Å². The maximum Gasteiger partial charge on any atom is 0.254 e. The molecule has 0 radical (unpaired) electrons. The van der Waals surface area contributed by atoms with Crippen LogP contribution in [0.1, 0.15) is 55.3 Å². The second kappa shape index (κ2) is 6.15. The number of nitrogens with zero attached hydrogens (tertiary/aromatic N) is 1. The summed E-state index contributed by atoms with van der Waals surface area (Å²) >= 11 is 0. The normalized spacial score (nSPS) is 25.5. The molecule has 2 bridgehead atoms. The number of rotatable bonds is 3. The summed E-state index contributed by atoms with van der Waals surface area (Å²) in [5.41, 5.74) is 4.01.